The van der Waals surface area contributed by atoms with E-state index in [1.54, 1.807) is 7.11 Å². The van der Waals surface area contributed by atoms with Crippen molar-refractivity contribution >= 4 is 6.29 Å². The third-order valence-electron chi connectivity index (χ3n) is 3.04. The van der Waals surface area contributed by atoms with E-state index in [0.29, 0.717) is 12.3 Å². The highest BCUT2D eigenvalue weighted by Gasteiger charge is 2.28. The van der Waals surface area contributed by atoms with Gasteiger partial charge >= 0.3 is 0 Å². The second kappa shape index (κ2) is 7.79. The van der Waals surface area contributed by atoms with Crippen molar-refractivity contribution in [3.8, 4) is 0 Å². The summed E-state index contributed by atoms with van der Waals surface area (Å²) < 4.78 is 5.39. The lowest BCUT2D eigenvalue weighted by atomic mass is 9.92. The number of hydrazine groups is 1. The summed E-state index contributed by atoms with van der Waals surface area (Å²) in [6.45, 7) is 4.32. The Hall–Kier alpha value is -0.450. The Morgan fingerprint density at radius 2 is 2.13 bits per heavy atom. The molecule has 15 heavy (non-hydrogen) atoms. The maximum Gasteiger partial charge on any atom is 0.122 e. The molecule has 0 aliphatic carbocycles. The van der Waals surface area contributed by atoms with Gasteiger partial charge in [-0.1, -0.05) is 20.3 Å². The molecule has 0 aromatic rings. The Morgan fingerprint density at radius 1 is 1.53 bits per heavy atom. The minimum Gasteiger partial charge on any atom is -0.379 e. The highest BCUT2D eigenvalue weighted by atomic mass is 16.5. The molecular weight excluding hydrogens is 192 g/mol. The van der Waals surface area contributed by atoms with Crippen LogP contribution in [0.3, 0.4) is 0 Å². The summed E-state index contributed by atoms with van der Waals surface area (Å²) >= 11 is 0. The van der Waals surface area contributed by atoms with Gasteiger partial charge in [-0.25, -0.2) is 5.01 Å². The van der Waals surface area contributed by atoms with Gasteiger partial charge in [0.05, 0.1) is 12.1 Å². The van der Waals surface area contributed by atoms with Gasteiger partial charge in [-0.05, 0) is 13.0 Å². The first kappa shape index (κ1) is 14.6. The highest BCUT2D eigenvalue weighted by Crippen LogP contribution is 2.19. The number of rotatable bonds is 8. The van der Waals surface area contributed by atoms with Crippen molar-refractivity contribution in [2.75, 3.05) is 21.2 Å². The molecule has 0 aromatic carbocycles. The Kier molecular flexibility index (Phi) is 7.56. The molecule has 0 amide bonds. The fraction of sp³-hybridized carbons (Fsp3) is 0.909. The van der Waals surface area contributed by atoms with E-state index in [1.807, 2.05) is 19.1 Å². The maximum absolute atomic E-state index is 10.6. The fourth-order valence-electron chi connectivity index (χ4n) is 1.86. The van der Waals surface area contributed by atoms with Crippen LogP contribution in [-0.4, -0.2) is 44.6 Å². The Morgan fingerprint density at radius 3 is 2.47 bits per heavy atom. The average Bonchev–Trinajstić information content (AvgIpc) is 2.27. The highest BCUT2D eigenvalue weighted by molar-refractivity contribution is 5.50. The van der Waals surface area contributed by atoms with Crippen molar-refractivity contribution in [1.82, 2.24) is 10.4 Å². The first-order valence-corrected chi connectivity index (χ1v) is 5.48. The Balaban J connectivity index is 4.63. The van der Waals surface area contributed by atoms with Crippen LogP contribution >= 0.6 is 0 Å². The predicted molar refractivity (Wildman–Crippen MR) is 61.5 cm³/mol. The van der Waals surface area contributed by atoms with Crippen LogP contribution in [0.1, 0.15) is 26.7 Å². The normalized spacial score (nSPS) is 17.5. The summed E-state index contributed by atoms with van der Waals surface area (Å²) in [6, 6.07) is 0.218. The van der Waals surface area contributed by atoms with Crippen LogP contribution in [0.15, 0.2) is 0 Å². The lowest BCUT2D eigenvalue weighted by molar-refractivity contribution is -0.112. The van der Waals surface area contributed by atoms with E-state index < -0.39 is 0 Å². The molecule has 0 radical (unpaired) electrons. The van der Waals surface area contributed by atoms with Crippen LogP contribution in [0.4, 0.5) is 0 Å². The lowest BCUT2D eigenvalue weighted by Gasteiger charge is -2.36. The summed E-state index contributed by atoms with van der Waals surface area (Å²) in [4.78, 5) is 10.6. The number of likely N-dealkylation sites (N-methyl/N-ethyl adjacent to an activating group) is 1. The molecule has 0 fully saturated rings. The number of hydrogen-bond acceptors (Lipinski definition) is 4. The number of nitrogens with one attached hydrogen (secondary N) is 1. The molecule has 0 saturated heterocycles. The monoisotopic (exact) mass is 216 g/mol. The number of aldehydes is 1. The lowest BCUT2D eigenvalue weighted by Crippen LogP contribution is -2.51. The summed E-state index contributed by atoms with van der Waals surface area (Å²) in [5.74, 6) is 0.479. The molecule has 0 aliphatic heterocycles. The molecule has 3 atom stereocenters. The number of nitrogens with zero attached hydrogens (tertiary/aromatic N) is 1. The van der Waals surface area contributed by atoms with Crippen LogP contribution < -0.4 is 5.43 Å². The molecule has 0 saturated carbocycles. The molecule has 0 aliphatic rings. The minimum atomic E-state index is -0.0464. The van der Waals surface area contributed by atoms with E-state index in [2.05, 4.69) is 19.3 Å². The van der Waals surface area contributed by atoms with Gasteiger partial charge in [0.2, 0.25) is 0 Å². The van der Waals surface area contributed by atoms with E-state index >= 15 is 0 Å². The van der Waals surface area contributed by atoms with Crippen LogP contribution in [-0.2, 0) is 9.53 Å². The third kappa shape index (κ3) is 4.28. The predicted octanol–water partition coefficient (Wildman–Crippen LogP) is 1.07. The standard InChI is InChI=1S/C11H24N2O2/c1-6-9(2)11(13(4)12-3)10(15-5)7-8-14/h8-12H,6-7H2,1-5H3. The van der Waals surface area contributed by atoms with Crippen molar-refractivity contribution in [2.45, 2.75) is 38.8 Å². The molecular formula is C11H24N2O2. The molecule has 4 nitrogen and oxygen atoms in total. The molecule has 3 unspecified atom stereocenters. The van der Waals surface area contributed by atoms with Crippen molar-refractivity contribution in [3.63, 3.8) is 0 Å². The van der Waals surface area contributed by atoms with E-state index in [4.69, 9.17) is 4.74 Å². The first-order valence-electron chi connectivity index (χ1n) is 5.48. The average molecular weight is 216 g/mol. The number of hydrogen-bond donors (Lipinski definition) is 1. The Labute approximate surface area is 92.9 Å². The van der Waals surface area contributed by atoms with Crippen LogP contribution in [0.25, 0.3) is 0 Å². The van der Waals surface area contributed by atoms with Gasteiger partial charge < -0.3 is 9.53 Å². The van der Waals surface area contributed by atoms with Gasteiger partial charge in [0.25, 0.3) is 0 Å². The molecule has 0 aromatic heterocycles. The zero-order valence-corrected chi connectivity index (χ0v) is 10.5. The topological polar surface area (TPSA) is 41.6 Å². The quantitative estimate of drug-likeness (QED) is 0.487. The summed E-state index contributed by atoms with van der Waals surface area (Å²) in [6.07, 6.45) is 2.38. The zero-order chi connectivity index (χ0) is 11.8. The van der Waals surface area contributed by atoms with Gasteiger partial charge in [0.1, 0.15) is 6.29 Å². The SMILES string of the molecule is CCC(C)C(C(CC=O)OC)N(C)NC. The van der Waals surface area contributed by atoms with Gasteiger partial charge in [0.15, 0.2) is 0 Å². The molecule has 4 heteroatoms. The molecule has 1 N–H and O–H groups in total. The number of carbonyl (C=O) groups is 1. The van der Waals surface area contributed by atoms with Crippen LogP contribution in [0.2, 0.25) is 0 Å². The van der Waals surface area contributed by atoms with E-state index in [0.717, 1.165) is 12.7 Å². The number of ether oxygens (including phenoxy) is 1. The second-order valence-electron chi connectivity index (χ2n) is 3.89. The van der Waals surface area contributed by atoms with Crippen molar-refractivity contribution in [3.05, 3.63) is 0 Å². The van der Waals surface area contributed by atoms with Crippen LogP contribution in [0.5, 0.6) is 0 Å². The molecule has 0 spiro atoms. The number of carbonyl (C=O) groups excluding carboxylic acids is 1. The van der Waals surface area contributed by atoms with Gasteiger partial charge in [-0.3, -0.25) is 5.43 Å². The van der Waals surface area contributed by atoms with Gasteiger partial charge in [-0.15, -0.1) is 0 Å². The molecule has 90 valence electrons. The third-order valence-corrected chi connectivity index (χ3v) is 3.04. The molecule has 0 bridgehead atoms. The van der Waals surface area contributed by atoms with Gasteiger partial charge in [0, 0.05) is 20.6 Å². The first-order chi connectivity index (χ1) is 7.12. The van der Waals surface area contributed by atoms with E-state index in [9.17, 15) is 4.79 Å². The van der Waals surface area contributed by atoms with Crippen molar-refractivity contribution in [2.24, 2.45) is 5.92 Å². The minimum absolute atomic E-state index is 0.0464. The smallest absolute Gasteiger partial charge is 0.122 e. The maximum atomic E-state index is 10.6. The second-order valence-corrected chi connectivity index (χ2v) is 3.89. The Bertz CT molecular complexity index is 166. The van der Waals surface area contributed by atoms with Crippen molar-refractivity contribution in [1.29, 1.82) is 0 Å². The van der Waals surface area contributed by atoms with E-state index in [-0.39, 0.29) is 12.1 Å². The largest absolute Gasteiger partial charge is 0.379 e. The summed E-state index contributed by atoms with van der Waals surface area (Å²) in [5.41, 5.74) is 3.09. The van der Waals surface area contributed by atoms with Crippen molar-refractivity contribution < 1.29 is 9.53 Å². The van der Waals surface area contributed by atoms with E-state index in [1.165, 1.54) is 0 Å². The fourth-order valence-corrected chi connectivity index (χ4v) is 1.86. The summed E-state index contributed by atoms with van der Waals surface area (Å²) in [7, 11) is 5.52. The van der Waals surface area contributed by atoms with Gasteiger partial charge in [-0.2, -0.15) is 0 Å². The molecule has 0 heterocycles. The van der Waals surface area contributed by atoms with Crippen LogP contribution in [0, 0.1) is 5.92 Å². The summed E-state index contributed by atoms with van der Waals surface area (Å²) in [5, 5.41) is 2.02. The zero-order valence-electron chi connectivity index (χ0n) is 10.5. The number of methoxy groups -OCH3 is 1. The molecule has 0 rings (SSSR count).